The van der Waals surface area contributed by atoms with Gasteiger partial charge in [0.1, 0.15) is 0 Å². The minimum atomic E-state index is -0.513. The number of carbonyl (C=O) groups excluding carboxylic acids is 2. The van der Waals surface area contributed by atoms with Gasteiger partial charge < -0.3 is 10.1 Å². The van der Waals surface area contributed by atoms with Gasteiger partial charge >= 0.3 is 5.97 Å². The number of dihydropyridines is 1. The standard InChI is InChI=1S/C22H20N2O3/c1-12(2)27-22(26)17-13(3)24-20-15-8-4-5-9-16(15)21(25)19(20)18(17)14-7-6-10-23-11-14/h4-12,18,24H,1-3H3/t18-/m1/s1. The Bertz CT molecular complexity index is 1000. The van der Waals surface area contributed by atoms with Crippen LogP contribution in [0.3, 0.4) is 0 Å². The summed E-state index contributed by atoms with van der Waals surface area (Å²) in [4.78, 5) is 30.3. The monoisotopic (exact) mass is 360 g/mol. The minimum absolute atomic E-state index is 0.0655. The summed E-state index contributed by atoms with van der Waals surface area (Å²) >= 11 is 0. The first-order valence-electron chi connectivity index (χ1n) is 8.96. The van der Waals surface area contributed by atoms with Crippen molar-refractivity contribution in [2.45, 2.75) is 32.8 Å². The lowest BCUT2D eigenvalue weighted by molar-refractivity contribution is -0.143. The number of hydrogen-bond acceptors (Lipinski definition) is 5. The molecule has 1 N–H and O–H groups in total. The molecule has 5 nitrogen and oxygen atoms in total. The first-order chi connectivity index (χ1) is 13.0. The Morgan fingerprint density at radius 2 is 1.89 bits per heavy atom. The largest absolute Gasteiger partial charge is 0.460 e. The number of nitrogens with zero attached hydrogens (tertiary/aromatic N) is 1. The average molecular weight is 360 g/mol. The number of rotatable bonds is 3. The molecule has 0 saturated carbocycles. The topological polar surface area (TPSA) is 68.3 Å². The number of benzene rings is 1. The van der Waals surface area contributed by atoms with E-state index in [0.29, 0.717) is 22.4 Å². The molecule has 0 spiro atoms. The zero-order valence-electron chi connectivity index (χ0n) is 15.4. The van der Waals surface area contributed by atoms with Crippen molar-refractivity contribution in [3.63, 3.8) is 0 Å². The van der Waals surface area contributed by atoms with Gasteiger partial charge in [0, 0.05) is 34.8 Å². The van der Waals surface area contributed by atoms with E-state index in [1.165, 1.54) is 0 Å². The number of aromatic nitrogens is 1. The summed E-state index contributed by atoms with van der Waals surface area (Å²) in [6, 6.07) is 11.2. The Balaban J connectivity index is 1.90. The maximum atomic E-state index is 13.2. The van der Waals surface area contributed by atoms with Crippen molar-refractivity contribution >= 4 is 17.4 Å². The van der Waals surface area contributed by atoms with Crippen LogP contribution in [-0.2, 0) is 9.53 Å². The van der Waals surface area contributed by atoms with Crippen LogP contribution in [0.4, 0.5) is 0 Å². The third-order valence-electron chi connectivity index (χ3n) is 4.83. The molecule has 5 heteroatoms. The van der Waals surface area contributed by atoms with E-state index in [0.717, 1.165) is 16.8 Å². The van der Waals surface area contributed by atoms with E-state index in [2.05, 4.69) is 10.3 Å². The predicted molar refractivity (Wildman–Crippen MR) is 102 cm³/mol. The van der Waals surface area contributed by atoms with Gasteiger partial charge in [0.2, 0.25) is 0 Å². The van der Waals surface area contributed by atoms with Gasteiger partial charge in [0.05, 0.1) is 23.3 Å². The number of ether oxygens (including phenoxy) is 1. The summed E-state index contributed by atoms with van der Waals surface area (Å²) in [5, 5.41) is 3.29. The van der Waals surface area contributed by atoms with Crippen LogP contribution in [-0.4, -0.2) is 22.8 Å². The predicted octanol–water partition coefficient (Wildman–Crippen LogP) is 3.60. The molecule has 1 aromatic heterocycles. The normalized spacial score (nSPS) is 18.4. The lowest BCUT2D eigenvalue weighted by Crippen LogP contribution is -2.30. The number of hydrogen-bond donors (Lipinski definition) is 1. The van der Waals surface area contributed by atoms with Crippen molar-refractivity contribution in [3.8, 4) is 0 Å². The average Bonchev–Trinajstić information content (AvgIpc) is 2.93. The molecule has 0 fully saturated rings. The fourth-order valence-electron chi connectivity index (χ4n) is 3.76. The molecule has 136 valence electrons. The zero-order chi connectivity index (χ0) is 19.1. The fourth-order valence-corrected chi connectivity index (χ4v) is 3.76. The summed E-state index contributed by atoms with van der Waals surface area (Å²) in [7, 11) is 0. The van der Waals surface area contributed by atoms with E-state index in [1.54, 1.807) is 12.4 Å². The van der Waals surface area contributed by atoms with Crippen molar-refractivity contribution in [1.29, 1.82) is 0 Å². The van der Waals surface area contributed by atoms with Crippen LogP contribution in [0.15, 0.2) is 65.6 Å². The third-order valence-corrected chi connectivity index (χ3v) is 4.83. The summed E-state index contributed by atoms with van der Waals surface area (Å²) in [5.74, 6) is -0.996. The second-order valence-electron chi connectivity index (χ2n) is 7.00. The van der Waals surface area contributed by atoms with E-state index in [-0.39, 0.29) is 11.9 Å². The van der Waals surface area contributed by atoms with Crippen LogP contribution >= 0.6 is 0 Å². The van der Waals surface area contributed by atoms with E-state index in [4.69, 9.17) is 4.74 Å². The number of nitrogens with one attached hydrogen (secondary N) is 1. The summed E-state index contributed by atoms with van der Waals surface area (Å²) in [6.07, 6.45) is 3.12. The van der Waals surface area contributed by atoms with E-state index in [1.807, 2.05) is 57.2 Å². The van der Waals surface area contributed by atoms with Crippen LogP contribution in [0.25, 0.3) is 5.70 Å². The van der Waals surface area contributed by atoms with Crippen molar-refractivity contribution in [2.24, 2.45) is 0 Å². The molecule has 27 heavy (non-hydrogen) atoms. The van der Waals surface area contributed by atoms with Crippen LogP contribution in [0, 0.1) is 0 Å². The molecule has 0 bridgehead atoms. The van der Waals surface area contributed by atoms with Crippen molar-refractivity contribution in [2.75, 3.05) is 0 Å². The van der Waals surface area contributed by atoms with Gasteiger partial charge in [0.15, 0.2) is 5.78 Å². The van der Waals surface area contributed by atoms with Gasteiger partial charge in [0.25, 0.3) is 0 Å². The molecular formula is C22H20N2O3. The lowest BCUT2D eigenvalue weighted by atomic mass is 9.80. The van der Waals surface area contributed by atoms with Crippen molar-refractivity contribution < 1.29 is 14.3 Å². The summed E-state index contributed by atoms with van der Waals surface area (Å²) in [6.45, 7) is 5.46. The van der Waals surface area contributed by atoms with Gasteiger partial charge in [-0.25, -0.2) is 4.79 Å². The Labute approximate surface area is 157 Å². The molecule has 1 aliphatic heterocycles. The van der Waals surface area contributed by atoms with Gasteiger partial charge in [-0.2, -0.15) is 0 Å². The van der Waals surface area contributed by atoms with E-state index in [9.17, 15) is 9.59 Å². The summed E-state index contributed by atoms with van der Waals surface area (Å²) < 4.78 is 5.48. The molecule has 2 aliphatic rings. The highest BCUT2D eigenvalue weighted by atomic mass is 16.5. The highest BCUT2D eigenvalue weighted by molar-refractivity contribution is 6.23. The molecule has 2 aromatic rings. The Morgan fingerprint density at radius 3 is 2.56 bits per heavy atom. The Kier molecular flexibility index (Phi) is 4.15. The number of Topliss-reactive ketones (excluding diaryl/α,β-unsaturated/α-hetero) is 1. The van der Waals surface area contributed by atoms with Crippen LogP contribution in [0.5, 0.6) is 0 Å². The highest BCUT2D eigenvalue weighted by Gasteiger charge is 2.43. The fraction of sp³-hybridized carbons (Fsp3) is 0.227. The van der Waals surface area contributed by atoms with E-state index >= 15 is 0 Å². The Hall–Kier alpha value is -3.21. The molecule has 0 amide bonds. The maximum Gasteiger partial charge on any atom is 0.337 e. The molecule has 2 heterocycles. The molecule has 4 rings (SSSR count). The molecule has 0 unspecified atom stereocenters. The van der Waals surface area contributed by atoms with Crippen molar-refractivity contribution in [3.05, 3.63) is 82.3 Å². The first kappa shape index (κ1) is 17.2. The molecule has 0 saturated heterocycles. The van der Waals surface area contributed by atoms with Crippen LogP contribution < -0.4 is 5.32 Å². The van der Waals surface area contributed by atoms with Gasteiger partial charge in [-0.1, -0.05) is 30.3 Å². The third kappa shape index (κ3) is 2.76. The smallest absolute Gasteiger partial charge is 0.337 e. The molecule has 1 aliphatic carbocycles. The van der Waals surface area contributed by atoms with Crippen LogP contribution in [0.1, 0.15) is 48.2 Å². The number of esters is 1. The van der Waals surface area contributed by atoms with Crippen LogP contribution in [0.2, 0.25) is 0 Å². The summed E-state index contributed by atoms with van der Waals surface area (Å²) in [5.41, 5.74) is 4.79. The molecular weight excluding hydrogens is 340 g/mol. The molecule has 1 aromatic carbocycles. The second kappa shape index (κ2) is 6.50. The second-order valence-corrected chi connectivity index (χ2v) is 7.00. The molecule has 0 radical (unpaired) electrons. The Morgan fingerprint density at radius 1 is 1.15 bits per heavy atom. The molecule has 1 atom stereocenters. The lowest BCUT2D eigenvalue weighted by Gasteiger charge is -2.29. The number of fused-ring (bicyclic) bond motifs is 2. The van der Waals surface area contributed by atoms with Crippen molar-refractivity contribution in [1.82, 2.24) is 10.3 Å². The number of ketones is 1. The quantitative estimate of drug-likeness (QED) is 0.847. The number of allylic oxidation sites excluding steroid dienone is 2. The minimum Gasteiger partial charge on any atom is -0.460 e. The zero-order valence-corrected chi connectivity index (χ0v) is 15.4. The first-order valence-corrected chi connectivity index (χ1v) is 8.96. The SMILES string of the molecule is CC1=C(C(=O)OC(C)C)[C@@H](c2cccnc2)C2=C(N1)c1ccccc1C2=O. The van der Waals surface area contributed by atoms with Gasteiger partial charge in [-0.15, -0.1) is 0 Å². The highest BCUT2D eigenvalue weighted by Crippen LogP contribution is 2.46. The van der Waals surface area contributed by atoms with E-state index < -0.39 is 11.9 Å². The number of carbonyl (C=O) groups is 2. The van der Waals surface area contributed by atoms with Gasteiger partial charge in [-0.3, -0.25) is 9.78 Å². The number of pyridine rings is 1. The maximum absolute atomic E-state index is 13.2. The van der Waals surface area contributed by atoms with Gasteiger partial charge in [-0.05, 0) is 32.4 Å².